The van der Waals surface area contributed by atoms with E-state index in [1.807, 2.05) is 38.2 Å². The van der Waals surface area contributed by atoms with Gasteiger partial charge in [0.2, 0.25) is 5.91 Å². The molecular weight excluding hydrogens is 302 g/mol. The van der Waals surface area contributed by atoms with E-state index in [4.69, 9.17) is 0 Å². The maximum atomic E-state index is 12.3. The highest BCUT2D eigenvalue weighted by Gasteiger charge is 2.22. The van der Waals surface area contributed by atoms with E-state index < -0.39 is 0 Å². The highest BCUT2D eigenvalue weighted by molar-refractivity contribution is 5.76. The minimum atomic E-state index is 0.114. The molecule has 1 aliphatic rings. The lowest BCUT2D eigenvalue weighted by Crippen LogP contribution is -2.48. The quantitative estimate of drug-likeness (QED) is 0.882. The van der Waals surface area contributed by atoms with Crippen LogP contribution in [0.25, 0.3) is 0 Å². The zero-order valence-electron chi connectivity index (χ0n) is 14.4. The van der Waals surface area contributed by atoms with Gasteiger partial charge in [-0.05, 0) is 50.8 Å². The van der Waals surface area contributed by atoms with Crippen LogP contribution in [0.4, 0.5) is 5.82 Å². The van der Waals surface area contributed by atoms with Gasteiger partial charge in [0.15, 0.2) is 0 Å². The van der Waals surface area contributed by atoms with Crippen molar-refractivity contribution >= 4 is 11.7 Å². The Kier molecular flexibility index (Phi) is 5.13. The lowest BCUT2D eigenvalue weighted by atomic mass is 10.0. The largest absolute Gasteiger partial charge is 0.355 e. The molecule has 0 radical (unpaired) electrons. The maximum absolute atomic E-state index is 12.3. The fraction of sp³-hybridized carbons (Fsp3) is 0.500. The van der Waals surface area contributed by atoms with Crippen molar-refractivity contribution in [2.75, 3.05) is 18.0 Å². The lowest BCUT2D eigenvalue weighted by Gasteiger charge is -2.34. The Labute approximate surface area is 142 Å². The van der Waals surface area contributed by atoms with E-state index in [-0.39, 0.29) is 11.9 Å². The molecule has 0 spiro atoms. The maximum Gasteiger partial charge on any atom is 0.220 e. The predicted molar refractivity (Wildman–Crippen MR) is 94.0 cm³/mol. The molecule has 1 saturated heterocycles. The third-order valence-corrected chi connectivity index (χ3v) is 4.64. The standard InChI is InChI=1S/C18H25N5O/c1-13-16(14(2)22-21-13)8-9-18(24)20-15-6-5-11-23(12-15)17-7-3-4-10-19-17/h3-4,7,10,15H,5-6,8-9,11-12H2,1-2H3,(H,20,24)(H,21,22). The monoisotopic (exact) mass is 327 g/mol. The van der Waals surface area contributed by atoms with Crippen LogP contribution in [0, 0.1) is 13.8 Å². The zero-order valence-corrected chi connectivity index (χ0v) is 14.4. The summed E-state index contributed by atoms with van der Waals surface area (Å²) >= 11 is 0. The van der Waals surface area contributed by atoms with Crippen LogP contribution in [-0.2, 0) is 11.2 Å². The summed E-state index contributed by atoms with van der Waals surface area (Å²) in [6, 6.07) is 6.14. The first-order chi connectivity index (χ1) is 11.6. The van der Waals surface area contributed by atoms with Crippen molar-refractivity contribution in [1.82, 2.24) is 20.5 Å². The van der Waals surface area contributed by atoms with E-state index in [1.54, 1.807) is 0 Å². The number of aryl methyl sites for hydroxylation is 2. The van der Waals surface area contributed by atoms with E-state index in [0.717, 1.165) is 55.1 Å². The van der Waals surface area contributed by atoms with Crippen molar-refractivity contribution in [2.45, 2.75) is 45.6 Å². The fourth-order valence-electron chi connectivity index (χ4n) is 3.32. The van der Waals surface area contributed by atoms with Gasteiger partial charge in [-0.3, -0.25) is 9.89 Å². The number of anilines is 1. The molecule has 6 nitrogen and oxygen atoms in total. The van der Waals surface area contributed by atoms with Crippen LogP contribution in [0.2, 0.25) is 0 Å². The van der Waals surface area contributed by atoms with Crippen LogP contribution >= 0.6 is 0 Å². The predicted octanol–water partition coefficient (Wildman–Crippen LogP) is 2.14. The summed E-state index contributed by atoms with van der Waals surface area (Å²) in [5.74, 6) is 1.10. The van der Waals surface area contributed by atoms with Gasteiger partial charge in [-0.15, -0.1) is 0 Å². The van der Waals surface area contributed by atoms with Crippen molar-refractivity contribution in [1.29, 1.82) is 0 Å². The molecule has 0 bridgehead atoms. The highest BCUT2D eigenvalue weighted by Crippen LogP contribution is 2.17. The lowest BCUT2D eigenvalue weighted by molar-refractivity contribution is -0.121. The molecule has 1 atom stereocenters. The Morgan fingerprint density at radius 2 is 2.29 bits per heavy atom. The number of rotatable bonds is 5. The van der Waals surface area contributed by atoms with Crippen LogP contribution in [0.3, 0.4) is 0 Å². The molecule has 2 aromatic rings. The molecule has 1 amide bonds. The molecule has 24 heavy (non-hydrogen) atoms. The minimum Gasteiger partial charge on any atom is -0.355 e. The Morgan fingerprint density at radius 3 is 3.00 bits per heavy atom. The second kappa shape index (κ2) is 7.47. The molecule has 3 rings (SSSR count). The summed E-state index contributed by atoms with van der Waals surface area (Å²) < 4.78 is 0. The molecule has 1 unspecified atom stereocenters. The molecule has 2 N–H and O–H groups in total. The first kappa shape index (κ1) is 16.5. The molecule has 1 aliphatic heterocycles. The number of piperidine rings is 1. The average Bonchev–Trinajstić information content (AvgIpc) is 2.92. The SMILES string of the molecule is Cc1n[nH]c(C)c1CCC(=O)NC1CCCN(c2ccccn2)C1. The average molecular weight is 327 g/mol. The van der Waals surface area contributed by atoms with Gasteiger partial charge in [0.1, 0.15) is 5.82 Å². The van der Waals surface area contributed by atoms with Gasteiger partial charge >= 0.3 is 0 Å². The van der Waals surface area contributed by atoms with Crippen molar-refractivity contribution in [3.63, 3.8) is 0 Å². The van der Waals surface area contributed by atoms with Crippen LogP contribution < -0.4 is 10.2 Å². The summed E-state index contributed by atoms with van der Waals surface area (Å²) in [5.41, 5.74) is 3.20. The molecule has 1 fully saturated rings. The molecular formula is C18H25N5O. The number of amides is 1. The Balaban J connectivity index is 1.51. The third-order valence-electron chi connectivity index (χ3n) is 4.64. The number of H-pyrrole nitrogens is 1. The number of carbonyl (C=O) groups is 1. The number of hydrogen-bond donors (Lipinski definition) is 2. The first-order valence-electron chi connectivity index (χ1n) is 8.59. The smallest absolute Gasteiger partial charge is 0.220 e. The normalized spacial score (nSPS) is 17.8. The van der Waals surface area contributed by atoms with Gasteiger partial charge in [0.05, 0.1) is 5.69 Å². The van der Waals surface area contributed by atoms with E-state index in [9.17, 15) is 4.79 Å². The number of nitrogens with zero attached hydrogens (tertiary/aromatic N) is 3. The van der Waals surface area contributed by atoms with Gasteiger partial charge in [-0.25, -0.2) is 4.98 Å². The van der Waals surface area contributed by atoms with Crippen molar-refractivity contribution < 1.29 is 4.79 Å². The van der Waals surface area contributed by atoms with E-state index >= 15 is 0 Å². The fourth-order valence-corrected chi connectivity index (χ4v) is 3.32. The molecule has 3 heterocycles. The molecule has 0 aliphatic carbocycles. The van der Waals surface area contributed by atoms with E-state index in [1.165, 1.54) is 0 Å². The van der Waals surface area contributed by atoms with Gasteiger partial charge in [0, 0.05) is 37.4 Å². The number of pyridine rings is 1. The van der Waals surface area contributed by atoms with Crippen molar-refractivity contribution in [3.8, 4) is 0 Å². The van der Waals surface area contributed by atoms with Crippen LogP contribution in [0.1, 0.15) is 36.2 Å². The molecule has 0 aromatic carbocycles. The summed E-state index contributed by atoms with van der Waals surface area (Å²) in [7, 11) is 0. The first-order valence-corrected chi connectivity index (χ1v) is 8.59. The van der Waals surface area contributed by atoms with Gasteiger partial charge in [-0.2, -0.15) is 5.10 Å². The molecule has 128 valence electrons. The van der Waals surface area contributed by atoms with Gasteiger partial charge in [-0.1, -0.05) is 6.07 Å². The highest BCUT2D eigenvalue weighted by atomic mass is 16.1. The summed E-state index contributed by atoms with van der Waals surface area (Å²) in [4.78, 5) is 19.0. The number of aromatic nitrogens is 3. The second-order valence-electron chi connectivity index (χ2n) is 6.45. The Hall–Kier alpha value is -2.37. The molecule has 6 heteroatoms. The summed E-state index contributed by atoms with van der Waals surface area (Å²) in [5, 5.41) is 10.3. The van der Waals surface area contributed by atoms with Gasteiger partial charge < -0.3 is 10.2 Å². The molecule has 2 aromatic heterocycles. The van der Waals surface area contributed by atoms with E-state index in [0.29, 0.717) is 6.42 Å². The third kappa shape index (κ3) is 3.93. The Bertz CT molecular complexity index is 662. The zero-order chi connectivity index (χ0) is 16.9. The number of carbonyl (C=O) groups excluding carboxylic acids is 1. The Morgan fingerprint density at radius 1 is 1.42 bits per heavy atom. The summed E-state index contributed by atoms with van der Waals surface area (Å²) in [6.45, 7) is 5.80. The second-order valence-corrected chi connectivity index (χ2v) is 6.45. The topological polar surface area (TPSA) is 73.9 Å². The van der Waals surface area contributed by atoms with Crippen LogP contribution in [0.15, 0.2) is 24.4 Å². The van der Waals surface area contributed by atoms with Crippen LogP contribution in [-0.4, -0.2) is 40.2 Å². The number of nitrogens with one attached hydrogen (secondary N) is 2. The van der Waals surface area contributed by atoms with E-state index in [2.05, 4.69) is 25.4 Å². The van der Waals surface area contributed by atoms with Gasteiger partial charge in [0.25, 0.3) is 0 Å². The van der Waals surface area contributed by atoms with Crippen molar-refractivity contribution in [2.24, 2.45) is 0 Å². The minimum absolute atomic E-state index is 0.114. The van der Waals surface area contributed by atoms with Crippen LogP contribution in [0.5, 0.6) is 0 Å². The number of aromatic amines is 1. The summed E-state index contributed by atoms with van der Waals surface area (Å²) in [6.07, 6.45) is 5.14. The van der Waals surface area contributed by atoms with Crippen molar-refractivity contribution in [3.05, 3.63) is 41.3 Å². The molecule has 0 saturated carbocycles. The number of hydrogen-bond acceptors (Lipinski definition) is 4.